The van der Waals surface area contributed by atoms with Gasteiger partial charge in [-0.25, -0.2) is 0 Å². The van der Waals surface area contributed by atoms with Crippen molar-refractivity contribution in [2.24, 2.45) is 0 Å². The van der Waals surface area contributed by atoms with Crippen LogP contribution in [0.2, 0.25) is 0 Å². The number of thioether (sulfide) groups is 2. The normalized spacial score (nSPS) is 15.4. The van der Waals surface area contributed by atoms with Crippen LogP contribution in [0.15, 0.2) is 29.8 Å². The van der Waals surface area contributed by atoms with Crippen LogP contribution in [0, 0.1) is 0 Å². The number of methoxy groups -OCH3 is 1. The van der Waals surface area contributed by atoms with Gasteiger partial charge in [-0.05, 0) is 17.5 Å². The molecule has 0 saturated carbocycles. The highest BCUT2D eigenvalue weighted by molar-refractivity contribution is 8.19. The third kappa shape index (κ3) is 5.54. The van der Waals surface area contributed by atoms with Crippen LogP contribution in [0.3, 0.4) is 0 Å². The maximum atomic E-state index is 11.6. The molecule has 0 amide bonds. The van der Waals surface area contributed by atoms with Gasteiger partial charge in [0.2, 0.25) is 0 Å². The lowest BCUT2D eigenvalue weighted by Gasteiger charge is -2.01. The third-order valence-electron chi connectivity index (χ3n) is 3.36. The van der Waals surface area contributed by atoms with Gasteiger partial charge in [0.15, 0.2) is 0 Å². The van der Waals surface area contributed by atoms with Crippen LogP contribution in [0.25, 0.3) is 6.08 Å². The van der Waals surface area contributed by atoms with Gasteiger partial charge in [0.05, 0.1) is 7.11 Å². The second kappa shape index (κ2) is 9.06. The van der Waals surface area contributed by atoms with Crippen molar-refractivity contribution < 1.29 is 14.3 Å². The Morgan fingerprint density at radius 3 is 2.50 bits per heavy atom. The molecule has 0 bridgehead atoms. The molecule has 1 aromatic rings. The first kappa shape index (κ1) is 17.2. The van der Waals surface area contributed by atoms with Gasteiger partial charge < -0.3 is 4.74 Å². The molecule has 118 valence electrons. The van der Waals surface area contributed by atoms with Gasteiger partial charge in [-0.2, -0.15) is 23.5 Å². The molecule has 1 aliphatic carbocycles. The molecule has 0 N–H and O–H groups in total. The van der Waals surface area contributed by atoms with Crippen LogP contribution in [0.4, 0.5) is 0 Å². The topological polar surface area (TPSA) is 43.4 Å². The smallest absolute Gasteiger partial charge is 0.313 e. The van der Waals surface area contributed by atoms with E-state index in [-0.39, 0.29) is 12.2 Å². The number of hydrogen-bond donors (Lipinski definition) is 0. The minimum absolute atomic E-state index is 0.0871. The predicted octanol–water partition coefficient (Wildman–Crippen LogP) is 3.57. The molecule has 5 heteroatoms. The van der Waals surface area contributed by atoms with Crippen LogP contribution in [-0.4, -0.2) is 35.5 Å². The summed E-state index contributed by atoms with van der Waals surface area (Å²) in [6.45, 7) is 0. The second-order valence-electron chi connectivity index (χ2n) is 5.08. The Morgan fingerprint density at radius 1 is 1.18 bits per heavy atom. The van der Waals surface area contributed by atoms with E-state index in [1.54, 1.807) is 0 Å². The van der Waals surface area contributed by atoms with E-state index in [1.807, 2.05) is 47.8 Å². The highest BCUT2D eigenvalue weighted by atomic mass is 32.2. The van der Waals surface area contributed by atoms with Crippen LogP contribution >= 0.6 is 23.5 Å². The Labute approximate surface area is 139 Å². The zero-order chi connectivity index (χ0) is 15.8. The Kier molecular flexibility index (Phi) is 7.06. The van der Waals surface area contributed by atoms with Crippen molar-refractivity contribution in [1.82, 2.24) is 0 Å². The quantitative estimate of drug-likeness (QED) is 0.621. The average molecular weight is 336 g/mol. The number of carbonyl (C=O) groups excluding carboxylic acids is 2. The number of carbonyl (C=O) groups is 2. The van der Waals surface area contributed by atoms with Crippen LogP contribution < -0.4 is 0 Å². The minimum atomic E-state index is -0.467. The van der Waals surface area contributed by atoms with Crippen molar-refractivity contribution in [2.75, 3.05) is 23.7 Å². The summed E-state index contributed by atoms with van der Waals surface area (Å²) in [5.41, 5.74) is 3.49. The van der Waals surface area contributed by atoms with Gasteiger partial charge in [0.25, 0.3) is 0 Å². The molecular formula is C17H20O3S2. The standard InChI is InChI=1S/C14H14O3.C3H6S2/c1-17-14(16)9-13(15)8-10-6-11-4-2-3-5-12(11)7-10;1-2-5-3-4-1/h2-6H,7-9H2,1H3;1-3H2. The molecule has 3 rings (SSSR count). The number of fused-ring (bicyclic) bond motifs is 1. The number of ketones is 1. The van der Waals surface area contributed by atoms with Crippen molar-refractivity contribution in [2.45, 2.75) is 19.3 Å². The molecule has 0 radical (unpaired) electrons. The first-order valence-corrected chi connectivity index (χ1v) is 9.51. The molecule has 0 spiro atoms. The van der Waals surface area contributed by atoms with Gasteiger partial charge in [-0.1, -0.05) is 35.9 Å². The first-order valence-electron chi connectivity index (χ1n) is 7.20. The lowest BCUT2D eigenvalue weighted by atomic mass is 10.1. The van der Waals surface area contributed by atoms with Crippen LogP contribution in [-0.2, 0) is 20.7 Å². The van der Waals surface area contributed by atoms with Gasteiger partial charge in [0, 0.05) is 23.0 Å². The highest BCUT2D eigenvalue weighted by Gasteiger charge is 2.16. The number of Topliss-reactive ketones (excluding diaryl/α,β-unsaturated/α-hetero) is 1. The van der Waals surface area contributed by atoms with E-state index in [1.165, 1.54) is 34.8 Å². The molecule has 1 heterocycles. The Bertz CT molecular complexity index is 555. The fourth-order valence-corrected chi connectivity index (χ4v) is 4.67. The maximum absolute atomic E-state index is 11.6. The summed E-state index contributed by atoms with van der Waals surface area (Å²) < 4.78 is 4.47. The molecule has 0 aromatic heterocycles. The second-order valence-corrected chi connectivity index (χ2v) is 7.66. The number of esters is 1. The number of rotatable bonds is 4. The van der Waals surface area contributed by atoms with E-state index in [0.717, 1.165) is 12.0 Å². The molecular weight excluding hydrogens is 316 g/mol. The maximum Gasteiger partial charge on any atom is 0.313 e. The minimum Gasteiger partial charge on any atom is -0.469 e. The fourth-order valence-electron chi connectivity index (χ4n) is 2.31. The van der Waals surface area contributed by atoms with Gasteiger partial charge in [0.1, 0.15) is 12.2 Å². The van der Waals surface area contributed by atoms with E-state index >= 15 is 0 Å². The van der Waals surface area contributed by atoms with Gasteiger partial charge >= 0.3 is 5.97 Å². The molecule has 0 atom stereocenters. The Morgan fingerprint density at radius 2 is 1.91 bits per heavy atom. The molecule has 0 unspecified atom stereocenters. The zero-order valence-electron chi connectivity index (χ0n) is 12.7. The lowest BCUT2D eigenvalue weighted by molar-refractivity contribution is -0.143. The average Bonchev–Trinajstić information content (AvgIpc) is 3.19. The van der Waals surface area contributed by atoms with Crippen molar-refractivity contribution in [1.29, 1.82) is 0 Å². The molecule has 1 fully saturated rings. The van der Waals surface area contributed by atoms with E-state index in [0.29, 0.717) is 6.42 Å². The van der Waals surface area contributed by atoms with Crippen molar-refractivity contribution in [3.8, 4) is 0 Å². The van der Waals surface area contributed by atoms with Crippen LogP contribution in [0.1, 0.15) is 24.0 Å². The zero-order valence-corrected chi connectivity index (χ0v) is 14.3. The van der Waals surface area contributed by atoms with E-state index in [9.17, 15) is 9.59 Å². The Hall–Kier alpha value is -1.20. The summed E-state index contributed by atoms with van der Waals surface area (Å²) in [7, 11) is 1.29. The molecule has 1 aliphatic heterocycles. The van der Waals surface area contributed by atoms with Gasteiger partial charge in [-0.3, -0.25) is 9.59 Å². The number of ether oxygens (including phenoxy) is 1. The number of allylic oxidation sites excluding steroid dienone is 1. The molecule has 1 aromatic carbocycles. The number of benzene rings is 1. The predicted molar refractivity (Wildman–Crippen MR) is 94.2 cm³/mol. The first-order chi connectivity index (χ1) is 10.7. The van der Waals surface area contributed by atoms with E-state index in [2.05, 4.69) is 10.8 Å². The summed E-state index contributed by atoms with van der Waals surface area (Å²) >= 11 is 4.07. The Balaban J connectivity index is 0.000000299. The van der Waals surface area contributed by atoms with E-state index < -0.39 is 5.97 Å². The number of hydrogen-bond acceptors (Lipinski definition) is 5. The summed E-state index contributed by atoms with van der Waals surface area (Å²) in [5, 5.41) is 1.33. The summed E-state index contributed by atoms with van der Waals surface area (Å²) in [4.78, 5) is 22.5. The molecule has 3 nitrogen and oxygen atoms in total. The van der Waals surface area contributed by atoms with Crippen molar-refractivity contribution >= 4 is 41.4 Å². The summed E-state index contributed by atoms with van der Waals surface area (Å²) in [6.07, 6.45) is 3.04. The highest BCUT2D eigenvalue weighted by Crippen LogP contribution is 2.26. The largest absolute Gasteiger partial charge is 0.469 e. The molecule has 1 saturated heterocycles. The van der Waals surface area contributed by atoms with Crippen LogP contribution in [0.5, 0.6) is 0 Å². The molecule has 22 heavy (non-hydrogen) atoms. The fraction of sp³-hybridized carbons (Fsp3) is 0.412. The summed E-state index contributed by atoms with van der Waals surface area (Å²) in [5.74, 6) is 2.21. The van der Waals surface area contributed by atoms with Crippen molar-refractivity contribution in [3.63, 3.8) is 0 Å². The molecule has 2 aliphatic rings. The third-order valence-corrected chi connectivity index (χ3v) is 5.94. The lowest BCUT2D eigenvalue weighted by Crippen LogP contribution is -2.09. The summed E-state index contributed by atoms with van der Waals surface area (Å²) in [6, 6.07) is 8.07. The van der Waals surface area contributed by atoms with Crippen molar-refractivity contribution in [3.05, 3.63) is 41.0 Å². The monoisotopic (exact) mass is 336 g/mol. The van der Waals surface area contributed by atoms with E-state index in [4.69, 9.17) is 0 Å². The van der Waals surface area contributed by atoms with Gasteiger partial charge in [-0.15, -0.1) is 0 Å². The SMILES string of the molecule is C1CSCS1.COC(=O)CC(=O)CC1=Cc2ccccc2C1.